The molecule has 3 heterocycles. The number of halogens is 1. The van der Waals surface area contributed by atoms with Gasteiger partial charge >= 0.3 is 0 Å². The van der Waals surface area contributed by atoms with Gasteiger partial charge in [0.25, 0.3) is 0 Å². The zero-order valence-electron chi connectivity index (χ0n) is 17.8. The number of rotatable bonds is 4. The van der Waals surface area contributed by atoms with E-state index in [-0.39, 0.29) is 41.8 Å². The molecule has 3 aliphatic rings. The summed E-state index contributed by atoms with van der Waals surface area (Å²) in [7, 11) is 0. The molecular weight excluding hydrogens is 385 g/mol. The number of likely N-dealkylation sites (tertiary alicyclic amines) is 3. The van der Waals surface area contributed by atoms with Gasteiger partial charge in [-0.3, -0.25) is 14.4 Å². The maximum Gasteiger partial charge on any atom is 0.232 e. The third kappa shape index (κ3) is 3.59. The zero-order valence-corrected chi connectivity index (χ0v) is 17.8. The van der Waals surface area contributed by atoms with Crippen LogP contribution in [0, 0.1) is 23.1 Å². The minimum absolute atomic E-state index is 0.0119. The van der Waals surface area contributed by atoms with E-state index in [9.17, 15) is 18.8 Å². The van der Waals surface area contributed by atoms with Crippen molar-refractivity contribution in [3.8, 4) is 0 Å². The molecule has 7 heteroatoms. The molecule has 6 nitrogen and oxygen atoms in total. The summed E-state index contributed by atoms with van der Waals surface area (Å²) >= 11 is 0. The third-order valence-corrected chi connectivity index (χ3v) is 6.89. The van der Waals surface area contributed by atoms with Gasteiger partial charge in [0.15, 0.2) is 0 Å². The molecule has 3 fully saturated rings. The molecule has 0 spiro atoms. The van der Waals surface area contributed by atoms with Crippen LogP contribution in [0.25, 0.3) is 0 Å². The van der Waals surface area contributed by atoms with Gasteiger partial charge in [-0.15, -0.1) is 0 Å². The van der Waals surface area contributed by atoms with Crippen molar-refractivity contribution in [1.82, 2.24) is 14.7 Å². The van der Waals surface area contributed by atoms with Crippen LogP contribution in [0.4, 0.5) is 4.39 Å². The van der Waals surface area contributed by atoms with E-state index in [4.69, 9.17) is 0 Å². The van der Waals surface area contributed by atoms with Gasteiger partial charge in [0.1, 0.15) is 5.82 Å². The highest BCUT2D eigenvalue weighted by molar-refractivity contribution is 5.89. The lowest BCUT2D eigenvalue weighted by Crippen LogP contribution is -2.49. The molecule has 3 aliphatic heterocycles. The first-order valence-electron chi connectivity index (χ1n) is 10.9. The van der Waals surface area contributed by atoms with Crippen LogP contribution in [-0.4, -0.2) is 71.7 Å². The molecule has 0 saturated carbocycles. The van der Waals surface area contributed by atoms with Crippen molar-refractivity contribution >= 4 is 17.7 Å². The summed E-state index contributed by atoms with van der Waals surface area (Å²) in [5.74, 6) is -0.612. The van der Waals surface area contributed by atoms with E-state index < -0.39 is 5.41 Å². The van der Waals surface area contributed by atoms with Gasteiger partial charge < -0.3 is 14.7 Å². The molecule has 1 aromatic carbocycles. The second-order valence-corrected chi connectivity index (χ2v) is 9.27. The predicted octanol–water partition coefficient (Wildman–Crippen LogP) is 1.93. The van der Waals surface area contributed by atoms with Gasteiger partial charge in [0, 0.05) is 51.1 Å². The first-order valence-corrected chi connectivity index (χ1v) is 10.9. The number of carbonyl (C=O) groups excluding carboxylic acids is 3. The van der Waals surface area contributed by atoms with Gasteiger partial charge in [-0.05, 0) is 24.5 Å². The second-order valence-electron chi connectivity index (χ2n) is 9.27. The maximum absolute atomic E-state index is 14.0. The molecule has 0 bridgehead atoms. The quantitative estimate of drug-likeness (QED) is 0.755. The second kappa shape index (κ2) is 8.00. The van der Waals surface area contributed by atoms with E-state index in [1.807, 2.05) is 23.6 Å². The lowest BCUT2D eigenvalue weighted by atomic mass is 9.79. The maximum atomic E-state index is 14.0. The first-order chi connectivity index (χ1) is 14.3. The summed E-state index contributed by atoms with van der Waals surface area (Å²) in [4.78, 5) is 44.6. The van der Waals surface area contributed by atoms with Crippen LogP contribution in [0.5, 0.6) is 0 Å². The summed E-state index contributed by atoms with van der Waals surface area (Å²) in [5.41, 5.74) is -0.365. The molecule has 0 aliphatic carbocycles. The van der Waals surface area contributed by atoms with Crippen LogP contribution in [-0.2, 0) is 20.8 Å². The number of amides is 3. The first kappa shape index (κ1) is 20.8. The molecule has 162 valence electrons. The van der Waals surface area contributed by atoms with Crippen molar-refractivity contribution in [2.24, 2.45) is 17.3 Å². The Balaban J connectivity index is 1.55. The van der Waals surface area contributed by atoms with Gasteiger partial charge in [0.05, 0.1) is 11.8 Å². The number of hydrogen-bond donors (Lipinski definition) is 0. The molecule has 2 atom stereocenters. The minimum Gasteiger partial charge on any atom is -0.342 e. The fourth-order valence-electron chi connectivity index (χ4n) is 5.24. The van der Waals surface area contributed by atoms with Crippen molar-refractivity contribution in [3.63, 3.8) is 0 Å². The summed E-state index contributed by atoms with van der Waals surface area (Å²) in [5, 5.41) is 0. The topological polar surface area (TPSA) is 60.9 Å². The summed E-state index contributed by atoms with van der Waals surface area (Å²) in [6, 6.07) is 6.30. The molecule has 0 unspecified atom stereocenters. The lowest BCUT2D eigenvalue weighted by molar-refractivity contribution is -0.142. The van der Waals surface area contributed by atoms with E-state index in [1.54, 1.807) is 23.1 Å². The SMILES string of the molecule is CC(C)C(=O)N1C[C@H]2CN(C(=O)Cc3ccccc3F)C[C@@]2(C(=O)N2CCCC2)C1. The Morgan fingerprint density at radius 3 is 2.33 bits per heavy atom. The van der Waals surface area contributed by atoms with Crippen molar-refractivity contribution in [2.75, 3.05) is 39.3 Å². The fourth-order valence-corrected chi connectivity index (χ4v) is 5.24. The van der Waals surface area contributed by atoms with Crippen LogP contribution in [0.1, 0.15) is 32.3 Å². The van der Waals surface area contributed by atoms with Crippen LogP contribution in [0.15, 0.2) is 24.3 Å². The Morgan fingerprint density at radius 1 is 1.03 bits per heavy atom. The molecule has 4 rings (SSSR count). The van der Waals surface area contributed by atoms with E-state index in [0.717, 1.165) is 25.9 Å². The Labute approximate surface area is 177 Å². The van der Waals surface area contributed by atoms with Crippen LogP contribution in [0.2, 0.25) is 0 Å². The van der Waals surface area contributed by atoms with Crippen LogP contribution < -0.4 is 0 Å². The smallest absolute Gasteiger partial charge is 0.232 e. The zero-order chi connectivity index (χ0) is 21.5. The number of nitrogens with zero attached hydrogens (tertiary/aromatic N) is 3. The normalized spacial score (nSPS) is 25.9. The molecule has 3 amide bonds. The molecule has 30 heavy (non-hydrogen) atoms. The summed E-state index contributed by atoms with van der Waals surface area (Å²) in [6.07, 6.45) is 1.98. The Morgan fingerprint density at radius 2 is 1.67 bits per heavy atom. The molecule has 0 radical (unpaired) electrons. The summed E-state index contributed by atoms with van der Waals surface area (Å²) in [6.45, 7) is 6.85. The van der Waals surface area contributed by atoms with Crippen LogP contribution >= 0.6 is 0 Å². The van der Waals surface area contributed by atoms with E-state index >= 15 is 0 Å². The standard InChI is InChI=1S/C23H30FN3O3/c1-16(2)21(29)27-13-18-12-26(20(28)11-17-7-3-4-8-19(17)24)14-23(18,15-27)22(30)25-9-5-6-10-25/h3-4,7-8,16,18H,5-6,9-15H2,1-2H3/t18-,23-/m1/s1. The monoisotopic (exact) mass is 415 g/mol. The average molecular weight is 416 g/mol. The van der Waals surface area contributed by atoms with Gasteiger partial charge in [0.2, 0.25) is 17.7 Å². The van der Waals surface area contributed by atoms with Gasteiger partial charge in [-0.25, -0.2) is 4.39 Å². The largest absolute Gasteiger partial charge is 0.342 e. The van der Waals surface area contributed by atoms with E-state index in [0.29, 0.717) is 31.7 Å². The van der Waals surface area contributed by atoms with Gasteiger partial charge in [-0.1, -0.05) is 32.0 Å². The van der Waals surface area contributed by atoms with E-state index in [1.165, 1.54) is 6.07 Å². The number of carbonyl (C=O) groups is 3. The highest BCUT2D eigenvalue weighted by Gasteiger charge is 2.60. The molecule has 1 aromatic rings. The third-order valence-electron chi connectivity index (χ3n) is 6.89. The molecule has 3 saturated heterocycles. The molecular formula is C23H30FN3O3. The Hall–Kier alpha value is -2.44. The Bertz CT molecular complexity index is 852. The van der Waals surface area contributed by atoms with Crippen molar-refractivity contribution in [1.29, 1.82) is 0 Å². The minimum atomic E-state index is -0.736. The molecule has 0 N–H and O–H groups in total. The Kier molecular flexibility index (Phi) is 5.55. The highest BCUT2D eigenvalue weighted by Crippen LogP contribution is 2.45. The number of benzene rings is 1. The van der Waals surface area contributed by atoms with Crippen molar-refractivity contribution < 1.29 is 18.8 Å². The highest BCUT2D eigenvalue weighted by atomic mass is 19.1. The number of fused-ring (bicyclic) bond motifs is 1. The average Bonchev–Trinajstić information content (AvgIpc) is 3.43. The fraction of sp³-hybridized carbons (Fsp3) is 0.609. The molecule has 0 aromatic heterocycles. The van der Waals surface area contributed by atoms with Gasteiger partial charge in [-0.2, -0.15) is 0 Å². The van der Waals surface area contributed by atoms with Crippen LogP contribution in [0.3, 0.4) is 0 Å². The summed E-state index contributed by atoms with van der Waals surface area (Å²) < 4.78 is 14.0. The van der Waals surface area contributed by atoms with Crippen molar-refractivity contribution in [3.05, 3.63) is 35.6 Å². The van der Waals surface area contributed by atoms with E-state index in [2.05, 4.69) is 0 Å². The lowest BCUT2D eigenvalue weighted by Gasteiger charge is -2.32. The predicted molar refractivity (Wildman–Crippen MR) is 110 cm³/mol. The van der Waals surface area contributed by atoms with Crippen molar-refractivity contribution in [2.45, 2.75) is 33.1 Å². The number of hydrogen-bond acceptors (Lipinski definition) is 3.